The van der Waals surface area contributed by atoms with Crippen molar-refractivity contribution in [1.82, 2.24) is 4.90 Å². The van der Waals surface area contributed by atoms with Crippen molar-refractivity contribution < 1.29 is 4.79 Å². The maximum Gasteiger partial charge on any atom is 0.238 e. The van der Waals surface area contributed by atoms with Crippen LogP contribution < -0.4 is 11.1 Å². The highest BCUT2D eigenvalue weighted by atomic mass is 35.5. The van der Waals surface area contributed by atoms with Crippen molar-refractivity contribution in [3.63, 3.8) is 0 Å². The van der Waals surface area contributed by atoms with Gasteiger partial charge in [-0.25, -0.2) is 0 Å². The summed E-state index contributed by atoms with van der Waals surface area (Å²) in [5.74, 6) is -0.132. The molecule has 0 bridgehead atoms. The van der Waals surface area contributed by atoms with Crippen LogP contribution in [0.1, 0.15) is 26.2 Å². The van der Waals surface area contributed by atoms with Crippen LogP contribution in [0, 0.1) is 0 Å². The van der Waals surface area contributed by atoms with Crippen LogP contribution in [0.5, 0.6) is 0 Å². The Labute approximate surface area is 145 Å². The van der Waals surface area contributed by atoms with Gasteiger partial charge in [0.05, 0.1) is 27.3 Å². The van der Waals surface area contributed by atoms with E-state index >= 15 is 0 Å². The largest absolute Gasteiger partial charge is 0.327 e. The number of nitrogens with two attached hydrogens (primary N) is 1. The Morgan fingerprint density at radius 3 is 2.68 bits per heavy atom. The van der Waals surface area contributed by atoms with Gasteiger partial charge in [0.25, 0.3) is 0 Å². The minimum atomic E-state index is -0.132. The first-order valence-corrected chi connectivity index (χ1v) is 8.46. The van der Waals surface area contributed by atoms with Crippen molar-refractivity contribution in [1.29, 1.82) is 0 Å². The van der Waals surface area contributed by atoms with Crippen molar-refractivity contribution in [2.24, 2.45) is 5.73 Å². The average Bonchev–Trinajstić information content (AvgIpc) is 2.45. The Hall–Kier alpha value is -0.520. The zero-order valence-electron chi connectivity index (χ0n) is 12.4. The summed E-state index contributed by atoms with van der Waals surface area (Å²) < 4.78 is 0. The molecule has 22 heavy (non-hydrogen) atoms. The van der Waals surface area contributed by atoms with Gasteiger partial charge in [0.15, 0.2) is 0 Å². The molecule has 2 atom stereocenters. The van der Waals surface area contributed by atoms with E-state index in [0.717, 1.165) is 25.8 Å². The molecule has 7 heteroatoms. The first-order valence-electron chi connectivity index (χ1n) is 7.32. The molecule has 1 amide bonds. The molecule has 0 spiro atoms. The maximum atomic E-state index is 12.3. The van der Waals surface area contributed by atoms with Gasteiger partial charge in [-0.3, -0.25) is 9.69 Å². The monoisotopic (exact) mass is 363 g/mol. The lowest BCUT2D eigenvalue weighted by molar-refractivity contribution is -0.118. The third-order valence-corrected chi connectivity index (χ3v) is 4.94. The summed E-state index contributed by atoms with van der Waals surface area (Å²) in [7, 11) is 0. The van der Waals surface area contributed by atoms with E-state index in [1.165, 1.54) is 6.07 Å². The summed E-state index contributed by atoms with van der Waals surface area (Å²) in [6.07, 6.45) is 3.27. The number of amides is 1. The van der Waals surface area contributed by atoms with Gasteiger partial charge in [-0.05, 0) is 38.4 Å². The fourth-order valence-electron chi connectivity index (χ4n) is 2.80. The van der Waals surface area contributed by atoms with Crippen molar-refractivity contribution in [2.75, 3.05) is 18.4 Å². The minimum Gasteiger partial charge on any atom is -0.327 e. The summed E-state index contributed by atoms with van der Waals surface area (Å²) in [4.78, 5) is 14.4. The van der Waals surface area contributed by atoms with Crippen LogP contribution in [0.25, 0.3) is 0 Å². The van der Waals surface area contributed by atoms with Crippen molar-refractivity contribution in [2.45, 2.75) is 38.3 Å². The third-order valence-electron chi connectivity index (χ3n) is 3.90. The minimum absolute atomic E-state index is 0.0432. The number of hydrogen-bond acceptors (Lipinski definition) is 3. The van der Waals surface area contributed by atoms with Gasteiger partial charge in [0.1, 0.15) is 0 Å². The number of rotatable bonds is 4. The molecular formula is C15H20Cl3N3O. The van der Waals surface area contributed by atoms with Crippen molar-refractivity contribution in [3.8, 4) is 0 Å². The van der Waals surface area contributed by atoms with Gasteiger partial charge in [-0.15, -0.1) is 0 Å². The summed E-state index contributed by atoms with van der Waals surface area (Å²) in [5, 5.41) is 3.87. The number of carbonyl (C=O) groups excluding carboxylic acids is 1. The van der Waals surface area contributed by atoms with Gasteiger partial charge in [0, 0.05) is 12.1 Å². The molecule has 1 fully saturated rings. The zero-order valence-corrected chi connectivity index (χ0v) is 14.7. The fraction of sp³-hybridized carbons (Fsp3) is 0.533. The van der Waals surface area contributed by atoms with Gasteiger partial charge < -0.3 is 11.1 Å². The predicted octanol–water partition coefficient (Wildman–Crippen LogP) is 3.79. The van der Waals surface area contributed by atoms with Gasteiger partial charge in [-0.2, -0.15) is 0 Å². The second-order valence-electron chi connectivity index (χ2n) is 5.69. The molecule has 1 heterocycles. The van der Waals surface area contributed by atoms with Gasteiger partial charge >= 0.3 is 0 Å². The van der Waals surface area contributed by atoms with Gasteiger partial charge in [-0.1, -0.05) is 41.2 Å². The van der Waals surface area contributed by atoms with E-state index in [1.54, 1.807) is 6.07 Å². The number of halogens is 3. The maximum absolute atomic E-state index is 12.3. The number of likely N-dealkylation sites (tertiary alicyclic amines) is 1. The van der Waals surface area contributed by atoms with E-state index in [4.69, 9.17) is 40.5 Å². The topological polar surface area (TPSA) is 58.4 Å². The van der Waals surface area contributed by atoms with Crippen LogP contribution in [-0.4, -0.2) is 36.0 Å². The second-order valence-corrected chi connectivity index (χ2v) is 6.91. The Morgan fingerprint density at radius 2 is 2.00 bits per heavy atom. The molecule has 0 aromatic heterocycles. The number of anilines is 1. The highest BCUT2D eigenvalue weighted by Gasteiger charge is 2.27. The van der Waals surface area contributed by atoms with Crippen LogP contribution in [0.15, 0.2) is 12.1 Å². The average molecular weight is 365 g/mol. The lowest BCUT2D eigenvalue weighted by Crippen LogP contribution is -2.51. The Balaban J connectivity index is 2.02. The number of nitrogens with one attached hydrogen (secondary N) is 1. The molecule has 2 rings (SSSR count). The van der Waals surface area contributed by atoms with Crippen LogP contribution in [0.2, 0.25) is 15.1 Å². The van der Waals surface area contributed by atoms with Crippen LogP contribution in [-0.2, 0) is 4.79 Å². The lowest BCUT2D eigenvalue weighted by atomic mass is 9.97. The van der Waals surface area contributed by atoms with E-state index in [2.05, 4.69) is 10.2 Å². The normalized spacial score (nSPS) is 20.7. The summed E-state index contributed by atoms with van der Waals surface area (Å²) in [6.45, 7) is 3.16. The molecule has 4 nitrogen and oxygen atoms in total. The Kier molecular flexibility index (Phi) is 6.36. The van der Waals surface area contributed by atoms with E-state index in [0.29, 0.717) is 27.3 Å². The lowest BCUT2D eigenvalue weighted by Gasteiger charge is -2.37. The van der Waals surface area contributed by atoms with E-state index in [1.807, 2.05) is 6.92 Å². The fourth-order valence-corrected chi connectivity index (χ4v) is 3.40. The summed E-state index contributed by atoms with van der Waals surface area (Å²) in [6, 6.07) is 3.36. The first kappa shape index (κ1) is 17.8. The molecule has 2 unspecified atom stereocenters. The molecule has 3 N–H and O–H groups in total. The van der Waals surface area contributed by atoms with E-state index in [9.17, 15) is 4.79 Å². The molecule has 0 saturated carbocycles. The quantitative estimate of drug-likeness (QED) is 0.799. The number of hydrogen-bond donors (Lipinski definition) is 2. The van der Waals surface area contributed by atoms with Crippen LogP contribution >= 0.6 is 34.8 Å². The van der Waals surface area contributed by atoms with Crippen molar-refractivity contribution in [3.05, 3.63) is 27.2 Å². The Bertz CT molecular complexity index is 551. The molecule has 1 saturated heterocycles. The molecular weight excluding hydrogens is 345 g/mol. The number of nitrogens with zero attached hydrogens (tertiary/aromatic N) is 1. The van der Waals surface area contributed by atoms with Crippen LogP contribution in [0.3, 0.4) is 0 Å². The van der Waals surface area contributed by atoms with Crippen LogP contribution in [0.4, 0.5) is 5.69 Å². The number of piperidine rings is 1. The highest BCUT2D eigenvalue weighted by molar-refractivity contribution is 6.44. The summed E-state index contributed by atoms with van der Waals surface area (Å²) >= 11 is 17.9. The molecule has 0 aliphatic carbocycles. The third kappa shape index (κ3) is 4.49. The van der Waals surface area contributed by atoms with E-state index in [-0.39, 0.29) is 18.0 Å². The molecule has 1 aliphatic rings. The van der Waals surface area contributed by atoms with E-state index < -0.39 is 0 Å². The standard InChI is InChI=1S/C15H20Cl3N3O/c1-9(19)14-4-2-3-5-21(14)8-15(22)20-13-7-11(17)10(16)6-12(13)18/h6-7,9,14H,2-5,8,19H2,1H3,(H,20,22). The smallest absolute Gasteiger partial charge is 0.238 e. The molecule has 1 aromatic rings. The second kappa shape index (κ2) is 7.84. The Morgan fingerprint density at radius 1 is 1.32 bits per heavy atom. The number of carbonyl (C=O) groups is 1. The SMILES string of the molecule is CC(N)C1CCCCN1CC(=O)Nc1cc(Cl)c(Cl)cc1Cl. The molecule has 122 valence electrons. The predicted molar refractivity (Wildman–Crippen MR) is 93.0 cm³/mol. The number of benzene rings is 1. The molecule has 1 aliphatic heterocycles. The first-order chi connectivity index (χ1) is 10.4. The highest BCUT2D eigenvalue weighted by Crippen LogP contribution is 2.32. The zero-order chi connectivity index (χ0) is 16.3. The van der Waals surface area contributed by atoms with Crippen molar-refractivity contribution >= 4 is 46.4 Å². The molecule has 0 radical (unpaired) electrons. The van der Waals surface area contributed by atoms with Gasteiger partial charge in [0.2, 0.25) is 5.91 Å². The molecule has 1 aromatic carbocycles. The summed E-state index contributed by atoms with van der Waals surface area (Å²) in [5.41, 5.74) is 6.49.